The molecular weight excluding hydrogens is 259 g/mol. The topological polar surface area (TPSA) is 36.9 Å². The molecule has 0 aliphatic heterocycles. The third-order valence-electron chi connectivity index (χ3n) is 2.70. The second-order valence-electron chi connectivity index (χ2n) is 4.08. The lowest BCUT2D eigenvalue weighted by molar-refractivity contribution is -0.164. The average Bonchev–Trinajstić information content (AvgIpc) is 2.36. The van der Waals surface area contributed by atoms with Gasteiger partial charge in [-0.15, -0.1) is 0 Å². The summed E-state index contributed by atoms with van der Waals surface area (Å²) >= 11 is 0. The molecule has 1 aliphatic rings. The number of halogens is 3. The zero-order valence-electron chi connectivity index (χ0n) is 11.0. The van der Waals surface area contributed by atoms with Crippen LogP contribution in [0.3, 0.4) is 0 Å². The summed E-state index contributed by atoms with van der Waals surface area (Å²) in [5.74, 6) is 0. The first-order valence-electron chi connectivity index (χ1n) is 5.85. The van der Waals surface area contributed by atoms with Crippen molar-refractivity contribution in [3.8, 4) is 0 Å². The summed E-state index contributed by atoms with van der Waals surface area (Å²) in [6.45, 7) is 3.54. The van der Waals surface area contributed by atoms with Crippen LogP contribution in [0.25, 0.3) is 0 Å². The molecule has 0 heterocycles. The van der Waals surface area contributed by atoms with Crippen LogP contribution in [0, 0.1) is 0 Å². The van der Waals surface area contributed by atoms with Crippen LogP contribution in [0.2, 0.25) is 0 Å². The van der Waals surface area contributed by atoms with Crippen molar-refractivity contribution in [2.75, 3.05) is 20.8 Å². The summed E-state index contributed by atoms with van der Waals surface area (Å²) < 4.78 is 38.9. The molecule has 1 unspecified atom stereocenters. The Morgan fingerprint density at radius 1 is 1.47 bits per heavy atom. The molecule has 0 amide bonds. The number of hydrogen-bond donors (Lipinski definition) is 1. The predicted octanol–water partition coefficient (Wildman–Crippen LogP) is 2.26. The summed E-state index contributed by atoms with van der Waals surface area (Å²) in [6, 6.07) is 0. The van der Waals surface area contributed by atoms with Crippen LogP contribution in [0.15, 0.2) is 28.3 Å². The van der Waals surface area contributed by atoms with Crippen molar-refractivity contribution < 1.29 is 18.0 Å². The highest BCUT2D eigenvalue weighted by Gasteiger charge is 2.39. The fraction of sp³-hybridized carbons (Fsp3) is 0.583. The third-order valence-corrected chi connectivity index (χ3v) is 2.70. The molecule has 0 fully saturated rings. The first-order valence-corrected chi connectivity index (χ1v) is 5.85. The van der Waals surface area contributed by atoms with Gasteiger partial charge in [0.2, 0.25) is 0 Å². The maximum absolute atomic E-state index is 13.0. The number of rotatable bonds is 6. The lowest BCUT2D eigenvalue weighted by Gasteiger charge is -2.29. The van der Waals surface area contributed by atoms with Gasteiger partial charge in [0.1, 0.15) is 12.9 Å². The van der Waals surface area contributed by atoms with E-state index in [1.165, 1.54) is 18.2 Å². The van der Waals surface area contributed by atoms with E-state index < -0.39 is 17.9 Å². The van der Waals surface area contributed by atoms with Crippen molar-refractivity contribution in [3.63, 3.8) is 0 Å². The number of nitrogens with one attached hydrogen (secondary N) is 1. The zero-order valence-corrected chi connectivity index (χ0v) is 11.0. The fourth-order valence-corrected chi connectivity index (χ4v) is 1.86. The molecule has 108 valence electrons. The van der Waals surface area contributed by atoms with Gasteiger partial charge in [-0.2, -0.15) is 18.2 Å². The Hall–Kier alpha value is -1.18. The van der Waals surface area contributed by atoms with Crippen LogP contribution < -0.4 is 5.32 Å². The van der Waals surface area contributed by atoms with Crippen molar-refractivity contribution in [2.45, 2.75) is 25.2 Å². The number of alkyl halides is 3. The number of allylic oxidation sites excluding steroid dienone is 2. The third kappa shape index (κ3) is 4.15. The SMILES string of the molecule is C=NC(C1=CCCC=C1C(F)(F)F)N(C)OCNC. The predicted molar refractivity (Wildman–Crippen MR) is 67.6 cm³/mol. The largest absolute Gasteiger partial charge is 0.416 e. The van der Waals surface area contributed by atoms with Crippen molar-refractivity contribution in [1.82, 2.24) is 10.4 Å². The summed E-state index contributed by atoms with van der Waals surface area (Å²) in [5.41, 5.74) is -0.566. The van der Waals surface area contributed by atoms with Gasteiger partial charge < -0.3 is 0 Å². The smallest absolute Gasteiger partial charge is 0.296 e. The van der Waals surface area contributed by atoms with E-state index in [9.17, 15) is 13.2 Å². The minimum Gasteiger partial charge on any atom is -0.296 e. The van der Waals surface area contributed by atoms with E-state index in [1.807, 2.05) is 0 Å². The molecular formula is C12H18F3N3O. The summed E-state index contributed by atoms with van der Waals surface area (Å²) in [6.07, 6.45) is -1.59. The molecule has 1 rings (SSSR count). The quantitative estimate of drug-likeness (QED) is 0.459. The molecule has 0 saturated carbocycles. The van der Waals surface area contributed by atoms with E-state index in [-0.39, 0.29) is 12.3 Å². The summed E-state index contributed by atoms with van der Waals surface area (Å²) in [4.78, 5) is 8.95. The van der Waals surface area contributed by atoms with E-state index in [0.717, 1.165) is 0 Å². The normalized spacial score (nSPS) is 18.0. The molecule has 7 heteroatoms. The second kappa shape index (κ2) is 6.83. The van der Waals surface area contributed by atoms with Crippen molar-refractivity contribution >= 4 is 6.72 Å². The molecule has 0 aromatic carbocycles. The Morgan fingerprint density at radius 2 is 2.11 bits per heavy atom. The molecule has 1 aliphatic carbocycles. The minimum atomic E-state index is -4.39. The number of hydroxylamine groups is 2. The first-order chi connectivity index (χ1) is 8.91. The highest BCUT2D eigenvalue weighted by atomic mass is 19.4. The fourth-order valence-electron chi connectivity index (χ4n) is 1.86. The van der Waals surface area contributed by atoms with Gasteiger partial charge in [0, 0.05) is 12.6 Å². The average molecular weight is 277 g/mol. The summed E-state index contributed by atoms with van der Waals surface area (Å²) in [5, 5.41) is 4.00. The molecule has 4 nitrogen and oxygen atoms in total. The monoisotopic (exact) mass is 277 g/mol. The molecule has 19 heavy (non-hydrogen) atoms. The molecule has 0 spiro atoms. The number of aliphatic imine (C=N–C) groups is 1. The van der Waals surface area contributed by atoms with Crippen LogP contribution >= 0.6 is 0 Å². The molecule has 0 aromatic rings. The highest BCUT2D eigenvalue weighted by molar-refractivity contribution is 5.42. The Balaban J connectivity index is 2.93. The van der Waals surface area contributed by atoms with Gasteiger partial charge in [0.05, 0.1) is 5.57 Å². The molecule has 0 bridgehead atoms. The summed E-state index contributed by atoms with van der Waals surface area (Å²) in [7, 11) is 3.20. The Labute approximate surface area is 110 Å². The van der Waals surface area contributed by atoms with Crippen molar-refractivity contribution in [2.24, 2.45) is 4.99 Å². The Kier molecular flexibility index (Phi) is 5.71. The molecule has 0 saturated heterocycles. The van der Waals surface area contributed by atoms with Crippen LogP contribution in [-0.4, -0.2) is 44.9 Å². The number of nitrogens with zero attached hydrogens (tertiary/aromatic N) is 2. The van der Waals surface area contributed by atoms with Gasteiger partial charge in [-0.05, 0) is 26.6 Å². The van der Waals surface area contributed by atoms with Crippen LogP contribution in [0.1, 0.15) is 12.8 Å². The van der Waals surface area contributed by atoms with E-state index in [4.69, 9.17) is 4.84 Å². The van der Waals surface area contributed by atoms with E-state index in [0.29, 0.717) is 12.8 Å². The number of hydrogen-bond acceptors (Lipinski definition) is 4. The van der Waals surface area contributed by atoms with Gasteiger partial charge >= 0.3 is 6.18 Å². The van der Waals surface area contributed by atoms with Crippen LogP contribution in [-0.2, 0) is 4.84 Å². The lowest BCUT2D eigenvalue weighted by atomic mass is 9.95. The molecule has 1 atom stereocenters. The molecule has 1 N–H and O–H groups in total. The van der Waals surface area contributed by atoms with E-state index >= 15 is 0 Å². The van der Waals surface area contributed by atoms with Gasteiger partial charge in [-0.1, -0.05) is 12.2 Å². The van der Waals surface area contributed by atoms with E-state index in [2.05, 4.69) is 17.0 Å². The van der Waals surface area contributed by atoms with Crippen molar-refractivity contribution in [3.05, 3.63) is 23.3 Å². The van der Waals surface area contributed by atoms with Crippen molar-refractivity contribution in [1.29, 1.82) is 0 Å². The lowest BCUT2D eigenvalue weighted by Crippen LogP contribution is -2.37. The first kappa shape index (κ1) is 15.9. The second-order valence-corrected chi connectivity index (χ2v) is 4.08. The van der Waals surface area contributed by atoms with Gasteiger partial charge in [0.15, 0.2) is 0 Å². The standard InChI is InChI=1S/C12H18F3N3O/c1-16-8-19-18(3)11(17-2)9-6-4-5-7-10(9)12(13,14)15/h6-7,11,16H,2,4-5,8H2,1,3H3. The molecule has 0 radical (unpaired) electrons. The minimum absolute atomic E-state index is 0.0901. The Bertz CT molecular complexity index is 377. The number of likely N-dealkylation sites (N-methyl/N-ethyl adjacent to an activating group) is 1. The van der Waals surface area contributed by atoms with Crippen LogP contribution in [0.4, 0.5) is 13.2 Å². The zero-order chi connectivity index (χ0) is 14.5. The van der Waals surface area contributed by atoms with Gasteiger partial charge in [0.25, 0.3) is 0 Å². The maximum atomic E-state index is 13.0. The van der Waals surface area contributed by atoms with Gasteiger partial charge in [-0.3, -0.25) is 15.1 Å². The Morgan fingerprint density at radius 3 is 2.63 bits per heavy atom. The molecule has 0 aromatic heterocycles. The maximum Gasteiger partial charge on any atom is 0.416 e. The van der Waals surface area contributed by atoms with E-state index in [1.54, 1.807) is 13.1 Å². The van der Waals surface area contributed by atoms with Crippen LogP contribution in [0.5, 0.6) is 0 Å². The highest BCUT2D eigenvalue weighted by Crippen LogP contribution is 2.37. The van der Waals surface area contributed by atoms with Gasteiger partial charge in [-0.25, -0.2) is 0 Å².